The van der Waals surface area contributed by atoms with Crippen LogP contribution < -0.4 is 16.0 Å². The minimum absolute atomic E-state index is 0.116. The number of amides is 4. The van der Waals surface area contributed by atoms with Crippen molar-refractivity contribution in [1.82, 2.24) is 4.90 Å². The second-order valence-corrected chi connectivity index (χ2v) is 7.61. The molecule has 8 nitrogen and oxygen atoms in total. The van der Waals surface area contributed by atoms with Crippen molar-refractivity contribution >= 4 is 40.7 Å². The molecule has 3 N–H and O–H groups in total. The van der Waals surface area contributed by atoms with Crippen molar-refractivity contribution in [3.8, 4) is 0 Å². The molecule has 0 spiro atoms. The average Bonchev–Trinajstić information content (AvgIpc) is 2.73. The van der Waals surface area contributed by atoms with E-state index >= 15 is 0 Å². The Labute approximate surface area is 181 Å². The topological polar surface area (TPSA) is 108 Å². The Morgan fingerprint density at radius 3 is 2.03 bits per heavy atom. The van der Waals surface area contributed by atoms with Gasteiger partial charge in [0.25, 0.3) is 5.91 Å². The fourth-order valence-corrected chi connectivity index (χ4v) is 3.63. The molecule has 1 unspecified atom stereocenters. The molecular weight excluding hydrogens is 396 g/mol. The van der Waals surface area contributed by atoms with Gasteiger partial charge in [-0.3, -0.25) is 19.2 Å². The second kappa shape index (κ2) is 9.88. The zero-order chi connectivity index (χ0) is 22.4. The van der Waals surface area contributed by atoms with E-state index in [1.165, 1.54) is 13.8 Å². The molecule has 0 bridgehead atoms. The normalized spacial score (nSPS) is 15.7. The Kier molecular flexibility index (Phi) is 7.02. The van der Waals surface area contributed by atoms with E-state index < -0.39 is 0 Å². The molecule has 1 heterocycles. The quantitative estimate of drug-likeness (QED) is 0.688. The lowest BCUT2D eigenvalue weighted by Crippen LogP contribution is -2.43. The predicted octanol–water partition coefficient (Wildman–Crippen LogP) is 3.09. The van der Waals surface area contributed by atoms with Crippen LogP contribution in [0.2, 0.25) is 0 Å². The van der Waals surface area contributed by atoms with Gasteiger partial charge in [-0.25, -0.2) is 0 Å². The van der Waals surface area contributed by atoms with Crippen LogP contribution in [0.1, 0.15) is 37.0 Å². The molecule has 1 fully saturated rings. The van der Waals surface area contributed by atoms with Gasteiger partial charge in [0.15, 0.2) is 0 Å². The van der Waals surface area contributed by atoms with E-state index in [0.717, 1.165) is 5.69 Å². The monoisotopic (exact) mass is 422 g/mol. The van der Waals surface area contributed by atoms with Gasteiger partial charge in [0.05, 0.1) is 5.92 Å². The van der Waals surface area contributed by atoms with Gasteiger partial charge in [-0.05, 0) is 43.2 Å². The minimum atomic E-state index is -0.314. The van der Waals surface area contributed by atoms with Gasteiger partial charge in [0.2, 0.25) is 17.7 Å². The zero-order valence-corrected chi connectivity index (χ0v) is 17.6. The van der Waals surface area contributed by atoms with E-state index in [1.807, 2.05) is 30.3 Å². The maximum Gasteiger partial charge on any atom is 0.254 e. The Bertz CT molecular complexity index is 956. The van der Waals surface area contributed by atoms with Crippen molar-refractivity contribution in [2.24, 2.45) is 5.92 Å². The van der Waals surface area contributed by atoms with E-state index in [-0.39, 0.29) is 29.5 Å². The smallest absolute Gasteiger partial charge is 0.254 e. The molecule has 0 aromatic heterocycles. The van der Waals surface area contributed by atoms with Gasteiger partial charge in [0.1, 0.15) is 0 Å². The van der Waals surface area contributed by atoms with Crippen LogP contribution in [0.15, 0.2) is 48.5 Å². The van der Waals surface area contributed by atoms with Gasteiger partial charge in [-0.1, -0.05) is 18.2 Å². The first-order valence-corrected chi connectivity index (χ1v) is 10.2. The predicted molar refractivity (Wildman–Crippen MR) is 119 cm³/mol. The SMILES string of the molecule is CC(=O)Nc1cc(NC(C)=O)cc(C(=O)N2CCCC(C(=O)Nc3ccccc3)C2)c1. The summed E-state index contributed by atoms with van der Waals surface area (Å²) in [6.07, 6.45) is 1.41. The summed E-state index contributed by atoms with van der Waals surface area (Å²) in [6, 6.07) is 13.9. The van der Waals surface area contributed by atoms with E-state index in [0.29, 0.717) is 42.9 Å². The molecule has 162 valence electrons. The number of carbonyl (C=O) groups excluding carboxylic acids is 4. The van der Waals surface area contributed by atoms with Gasteiger partial charge < -0.3 is 20.9 Å². The number of rotatable bonds is 5. The number of nitrogens with one attached hydrogen (secondary N) is 3. The highest BCUT2D eigenvalue weighted by molar-refractivity contribution is 6.00. The highest BCUT2D eigenvalue weighted by atomic mass is 16.2. The first-order valence-electron chi connectivity index (χ1n) is 10.2. The lowest BCUT2D eigenvalue weighted by atomic mass is 9.96. The number of anilines is 3. The lowest BCUT2D eigenvalue weighted by Gasteiger charge is -2.32. The van der Waals surface area contributed by atoms with Crippen molar-refractivity contribution < 1.29 is 19.2 Å². The van der Waals surface area contributed by atoms with Crippen molar-refractivity contribution in [2.45, 2.75) is 26.7 Å². The first-order chi connectivity index (χ1) is 14.8. The third kappa shape index (κ3) is 6.15. The summed E-state index contributed by atoms with van der Waals surface area (Å²) < 4.78 is 0. The molecule has 1 aliphatic rings. The Balaban J connectivity index is 1.75. The summed E-state index contributed by atoms with van der Waals surface area (Å²) in [5.74, 6) is -1.25. The number of piperidine rings is 1. The molecule has 1 atom stereocenters. The van der Waals surface area contributed by atoms with Gasteiger partial charge >= 0.3 is 0 Å². The molecule has 2 aromatic carbocycles. The number of hydrogen-bond donors (Lipinski definition) is 3. The van der Waals surface area contributed by atoms with Gasteiger partial charge in [-0.15, -0.1) is 0 Å². The number of benzene rings is 2. The largest absolute Gasteiger partial charge is 0.338 e. The fraction of sp³-hybridized carbons (Fsp3) is 0.304. The number of hydrogen-bond acceptors (Lipinski definition) is 4. The van der Waals surface area contributed by atoms with Crippen LogP contribution in [0.4, 0.5) is 17.1 Å². The molecule has 4 amide bonds. The number of likely N-dealkylation sites (tertiary alicyclic amines) is 1. The van der Waals surface area contributed by atoms with Crippen molar-refractivity contribution in [1.29, 1.82) is 0 Å². The summed E-state index contributed by atoms with van der Waals surface area (Å²) in [5.41, 5.74) is 1.88. The van der Waals surface area contributed by atoms with E-state index in [2.05, 4.69) is 16.0 Å². The van der Waals surface area contributed by atoms with E-state index in [4.69, 9.17) is 0 Å². The van der Waals surface area contributed by atoms with Crippen molar-refractivity contribution in [2.75, 3.05) is 29.0 Å². The summed E-state index contributed by atoms with van der Waals surface area (Å²) >= 11 is 0. The Morgan fingerprint density at radius 2 is 1.45 bits per heavy atom. The van der Waals surface area contributed by atoms with Crippen LogP contribution >= 0.6 is 0 Å². The second-order valence-electron chi connectivity index (χ2n) is 7.61. The maximum absolute atomic E-state index is 13.2. The van der Waals surface area contributed by atoms with Crippen LogP contribution in [0.25, 0.3) is 0 Å². The van der Waals surface area contributed by atoms with Crippen LogP contribution in [0.3, 0.4) is 0 Å². The third-order valence-electron chi connectivity index (χ3n) is 4.94. The molecule has 8 heteroatoms. The standard InChI is InChI=1S/C23H26N4O4/c1-15(28)24-20-11-18(12-21(13-20)25-16(2)29)23(31)27-10-6-7-17(14-27)22(30)26-19-8-4-3-5-9-19/h3-5,8-9,11-13,17H,6-7,10,14H2,1-2H3,(H,24,28)(H,25,29)(H,26,30). The molecule has 0 radical (unpaired) electrons. The molecule has 3 rings (SSSR count). The maximum atomic E-state index is 13.2. The Hall–Kier alpha value is -3.68. The van der Waals surface area contributed by atoms with Crippen LogP contribution in [-0.4, -0.2) is 41.6 Å². The highest BCUT2D eigenvalue weighted by Gasteiger charge is 2.29. The summed E-state index contributed by atoms with van der Waals surface area (Å²) in [4.78, 5) is 50.4. The Morgan fingerprint density at radius 1 is 0.839 bits per heavy atom. The van der Waals surface area contributed by atoms with E-state index in [1.54, 1.807) is 23.1 Å². The van der Waals surface area contributed by atoms with Gasteiger partial charge in [-0.2, -0.15) is 0 Å². The summed E-state index contributed by atoms with van der Waals surface area (Å²) in [5, 5.41) is 8.19. The van der Waals surface area contributed by atoms with Crippen LogP contribution in [0.5, 0.6) is 0 Å². The number of para-hydroxylation sites is 1. The van der Waals surface area contributed by atoms with Crippen LogP contribution in [-0.2, 0) is 14.4 Å². The molecule has 1 saturated heterocycles. The molecule has 2 aromatic rings. The lowest BCUT2D eigenvalue weighted by molar-refractivity contribution is -0.121. The molecule has 0 saturated carbocycles. The van der Waals surface area contributed by atoms with E-state index in [9.17, 15) is 19.2 Å². The minimum Gasteiger partial charge on any atom is -0.338 e. The van der Waals surface area contributed by atoms with Crippen LogP contribution in [0, 0.1) is 5.92 Å². The zero-order valence-electron chi connectivity index (χ0n) is 17.6. The summed E-state index contributed by atoms with van der Waals surface area (Å²) in [6.45, 7) is 3.57. The number of nitrogens with zero attached hydrogens (tertiary/aromatic N) is 1. The van der Waals surface area contributed by atoms with Crippen molar-refractivity contribution in [3.63, 3.8) is 0 Å². The highest BCUT2D eigenvalue weighted by Crippen LogP contribution is 2.24. The molecule has 31 heavy (non-hydrogen) atoms. The number of carbonyl (C=O) groups is 4. The molecule has 1 aliphatic heterocycles. The fourth-order valence-electron chi connectivity index (χ4n) is 3.63. The molecule has 0 aliphatic carbocycles. The molecular formula is C23H26N4O4. The third-order valence-corrected chi connectivity index (χ3v) is 4.94. The van der Waals surface area contributed by atoms with Gasteiger partial charge in [0, 0.05) is 49.6 Å². The average molecular weight is 422 g/mol. The van der Waals surface area contributed by atoms with Crippen molar-refractivity contribution in [3.05, 3.63) is 54.1 Å². The first kappa shape index (κ1) is 22.0. The summed E-state index contributed by atoms with van der Waals surface area (Å²) in [7, 11) is 0.